The molecule has 0 aliphatic rings. The Morgan fingerprint density at radius 2 is 1.62 bits per heavy atom. The summed E-state index contributed by atoms with van der Waals surface area (Å²) in [6.45, 7) is 3.76. The second kappa shape index (κ2) is 8.39. The Morgan fingerprint density at radius 1 is 0.833 bits per heavy atom. The molecule has 0 heterocycles. The van der Waals surface area contributed by atoms with Crippen molar-refractivity contribution in [2.24, 2.45) is 0 Å². The number of hydrogen-bond donors (Lipinski definition) is 1. The van der Waals surface area contributed by atoms with Crippen molar-refractivity contribution in [3.63, 3.8) is 0 Å². The van der Waals surface area contributed by atoms with E-state index < -0.39 is 0 Å². The SMILES string of the molecule is CCCCCOc1ccccc1CNc1cccc2ccccc12. The van der Waals surface area contributed by atoms with Crippen molar-refractivity contribution >= 4 is 16.5 Å². The Kier molecular flexibility index (Phi) is 5.73. The van der Waals surface area contributed by atoms with Crippen molar-refractivity contribution in [1.82, 2.24) is 0 Å². The molecule has 1 N–H and O–H groups in total. The highest BCUT2D eigenvalue weighted by atomic mass is 16.5. The quantitative estimate of drug-likeness (QED) is 0.512. The highest BCUT2D eigenvalue weighted by Crippen LogP contribution is 2.25. The molecule has 0 saturated heterocycles. The van der Waals surface area contributed by atoms with Gasteiger partial charge in [0.1, 0.15) is 5.75 Å². The Bertz CT molecular complexity index is 776. The van der Waals surface area contributed by atoms with Gasteiger partial charge in [-0.25, -0.2) is 0 Å². The summed E-state index contributed by atoms with van der Waals surface area (Å²) in [5.74, 6) is 0.987. The van der Waals surface area contributed by atoms with Crippen molar-refractivity contribution in [3.8, 4) is 5.75 Å². The maximum atomic E-state index is 5.98. The number of unbranched alkanes of at least 4 members (excludes halogenated alkanes) is 2. The van der Waals surface area contributed by atoms with Crippen LogP contribution in [0.2, 0.25) is 0 Å². The standard InChI is InChI=1S/C22H25NO/c1-2-3-8-16-24-22-15-7-5-11-19(22)17-23-21-14-9-12-18-10-4-6-13-20(18)21/h4-7,9-15,23H,2-3,8,16-17H2,1H3. The minimum atomic E-state index is 0.762. The summed E-state index contributed by atoms with van der Waals surface area (Å²) in [5.41, 5.74) is 2.36. The van der Waals surface area contributed by atoms with Gasteiger partial charge in [-0.3, -0.25) is 0 Å². The third kappa shape index (κ3) is 4.08. The van der Waals surface area contributed by atoms with E-state index in [1.165, 1.54) is 29.2 Å². The van der Waals surface area contributed by atoms with Crippen LogP contribution in [0.4, 0.5) is 5.69 Å². The average molecular weight is 319 g/mol. The van der Waals surface area contributed by atoms with Crippen LogP contribution in [0.25, 0.3) is 10.8 Å². The Labute approximate surface area is 144 Å². The molecule has 0 aliphatic carbocycles. The fraction of sp³-hybridized carbons (Fsp3) is 0.273. The number of ether oxygens (including phenoxy) is 1. The van der Waals surface area contributed by atoms with Gasteiger partial charge in [0.25, 0.3) is 0 Å². The highest BCUT2D eigenvalue weighted by Gasteiger charge is 2.04. The van der Waals surface area contributed by atoms with Gasteiger partial charge in [-0.15, -0.1) is 0 Å². The van der Waals surface area contributed by atoms with Crippen molar-refractivity contribution in [3.05, 3.63) is 72.3 Å². The van der Waals surface area contributed by atoms with Crippen LogP contribution >= 0.6 is 0 Å². The van der Waals surface area contributed by atoms with Gasteiger partial charge in [-0.05, 0) is 23.9 Å². The summed E-state index contributed by atoms with van der Waals surface area (Å²) in [5, 5.41) is 6.07. The minimum absolute atomic E-state index is 0.762. The lowest BCUT2D eigenvalue weighted by Gasteiger charge is -2.14. The van der Waals surface area contributed by atoms with E-state index in [0.29, 0.717) is 0 Å². The van der Waals surface area contributed by atoms with Gasteiger partial charge >= 0.3 is 0 Å². The molecule has 124 valence electrons. The zero-order valence-electron chi connectivity index (χ0n) is 14.3. The number of hydrogen-bond acceptors (Lipinski definition) is 2. The fourth-order valence-electron chi connectivity index (χ4n) is 2.89. The second-order valence-corrected chi connectivity index (χ2v) is 6.04. The number of para-hydroxylation sites is 1. The van der Waals surface area contributed by atoms with E-state index in [2.05, 4.69) is 72.9 Å². The smallest absolute Gasteiger partial charge is 0.124 e. The first-order valence-corrected chi connectivity index (χ1v) is 8.81. The molecule has 0 spiro atoms. The molecule has 0 amide bonds. The molecule has 0 radical (unpaired) electrons. The Morgan fingerprint density at radius 3 is 2.54 bits per heavy atom. The number of fused-ring (bicyclic) bond motifs is 1. The molecule has 0 fully saturated rings. The zero-order chi connectivity index (χ0) is 16.6. The molecule has 3 aromatic carbocycles. The van der Waals surface area contributed by atoms with Gasteiger partial charge in [0.2, 0.25) is 0 Å². The van der Waals surface area contributed by atoms with Crippen molar-refractivity contribution < 1.29 is 4.74 Å². The van der Waals surface area contributed by atoms with Crippen LogP contribution in [0.15, 0.2) is 66.7 Å². The van der Waals surface area contributed by atoms with Crippen LogP contribution in [0.5, 0.6) is 5.75 Å². The Hall–Kier alpha value is -2.48. The fourth-order valence-corrected chi connectivity index (χ4v) is 2.89. The first kappa shape index (κ1) is 16.4. The molecule has 3 aromatic rings. The summed E-state index contributed by atoms with van der Waals surface area (Å²) in [7, 11) is 0. The third-order valence-electron chi connectivity index (χ3n) is 4.24. The summed E-state index contributed by atoms with van der Waals surface area (Å²) < 4.78 is 5.98. The monoisotopic (exact) mass is 319 g/mol. The van der Waals surface area contributed by atoms with Crippen LogP contribution in [0, 0.1) is 0 Å². The largest absolute Gasteiger partial charge is 0.493 e. The van der Waals surface area contributed by atoms with Gasteiger partial charge in [-0.2, -0.15) is 0 Å². The lowest BCUT2D eigenvalue weighted by Crippen LogP contribution is -2.04. The van der Waals surface area contributed by atoms with E-state index in [1.807, 2.05) is 6.07 Å². The number of rotatable bonds is 8. The molecule has 0 saturated carbocycles. The molecule has 2 nitrogen and oxygen atoms in total. The molecule has 0 aromatic heterocycles. The lowest BCUT2D eigenvalue weighted by molar-refractivity contribution is 0.303. The topological polar surface area (TPSA) is 21.3 Å². The Balaban J connectivity index is 1.70. The predicted octanol–water partition coefficient (Wildman–Crippen LogP) is 6.02. The first-order valence-electron chi connectivity index (χ1n) is 8.81. The van der Waals surface area contributed by atoms with Crippen LogP contribution in [0.3, 0.4) is 0 Å². The number of anilines is 1. The third-order valence-corrected chi connectivity index (χ3v) is 4.24. The summed E-state index contributed by atoms with van der Waals surface area (Å²) in [6, 6.07) is 23.1. The lowest BCUT2D eigenvalue weighted by atomic mass is 10.1. The van der Waals surface area contributed by atoms with E-state index >= 15 is 0 Å². The minimum Gasteiger partial charge on any atom is -0.493 e. The van der Waals surface area contributed by atoms with E-state index in [-0.39, 0.29) is 0 Å². The predicted molar refractivity (Wildman–Crippen MR) is 103 cm³/mol. The normalized spacial score (nSPS) is 10.7. The van der Waals surface area contributed by atoms with Crippen LogP contribution in [0.1, 0.15) is 31.7 Å². The maximum Gasteiger partial charge on any atom is 0.124 e. The van der Waals surface area contributed by atoms with Crippen molar-refractivity contribution in [2.45, 2.75) is 32.7 Å². The van der Waals surface area contributed by atoms with Crippen LogP contribution in [-0.2, 0) is 6.54 Å². The van der Waals surface area contributed by atoms with Crippen LogP contribution < -0.4 is 10.1 Å². The molecule has 0 atom stereocenters. The first-order chi connectivity index (χ1) is 11.9. The van der Waals surface area contributed by atoms with Gasteiger partial charge in [0.15, 0.2) is 0 Å². The number of benzene rings is 3. The van der Waals surface area contributed by atoms with Gasteiger partial charge in [-0.1, -0.05) is 74.4 Å². The number of nitrogens with one attached hydrogen (secondary N) is 1. The molecule has 2 heteroatoms. The van der Waals surface area contributed by atoms with Gasteiger partial charge in [0, 0.05) is 23.2 Å². The highest BCUT2D eigenvalue weighted by molar-refractivity contribution is 5.93. The van der Waals surface area contributed by atoms with E-state index in [9.17, 15) is 0 Å². The molecule has 0 bridgehead atoms. The summed E-state index contributed by atoms with van der Waals surface area (Å²) in [6.07, 6.45) is 3.55. The summed E-state index contributed by atoms with van der Waals surface area (Å²) in [4.78, 5) is 0. The van der Waals surface area contributed by atoms with E-state index in [1.54, 1.807) is 0 Å². The molecule has 0 aliphatic heterocycles. The maximum absolute atomic E-state index is 5.98. The average Bonchev–Trinajstić information content (AvgIpc) is 2.64. The zero-order valence-corrected chi connectivity index (χ0v) is 14.3. The molecular weight excluding hydrogens is 294 g/mol. The molecular formula is C22H25NO. The summed E-state index contributed by atoms with van der Waals surface area (Å²) >= 11 is 0. The molecule has 3 rings (SSSR count). The van der Waals surface area contributed by atoms with E-state index in [0.717, 1.165) is 31.0 Å². The molecule has 0 unspecified atom stereocenters. The molecule has 24 heavy (non-hydrogen) atoms. The van der Waals surface area contributed by atoms with Crippen molar-refractivity contribution in [1.29, 1.82) is 0 Å². The van der Waals surface area contributed by atoms with E-state index in [4.69, 9.17) is 4.74 Å². The van der Waals surface area contributed by atoms with Gasteiger partial charge in [0.05, 0.1) is 6.61 Å². The van der Waals surface area contributed by atoms with Gasteiger partial charge < -0.3 is 10.1 Å². The van der Waals surface area contributed by atoms with Crippen LogP contribution in [-0.4, -0.2) is 6.61 Å². The second-order valence-electron chi connectivity index (χ2n) is 6.04. The van der Waals surface area contributed by atoms with Crippen molar-refractivity contribution in [2.75, 3.05) is 11.9 Å².